The number of anilines is 1. The Kier molecular flexibility index (Phi) is 6.18. The quantitative estimate of drug-likeness (QED) is 0.427. The number of halogens is 3. The van der Waals surface area contributed by atoms with Crippen LogP contribution in [0.15, 0.2) is 42.6 Å². The molecule has 1 aliphatic rings. The normalized spacial score (nSPS) is 14.1. The topological polar surface area (TPSA) is 97.4 Å². The SMILES string of the molecule is CNC(=O)c1cc(CCc2nc(N3CCCC3=O)cn2-c2ccccc2)nn2c(C)c(C(F)(F)F)nc12. The van der Waals surface area contributed by atoms with Gasteiger partial charge in [-0.1, -0.05) is 18.2 Å². The van der Waals surface area contributed by atoms with Gasteiger partial charge in [0.15, 0.2) is 17.2 Å². The number of aryl methyl sites for hydroxylation is 3. The molecule has 1 aromatic carbocycles. The Morgan fingerprint density at radius 1 is 1.14 bits per heavy atom. The molecule has 0 saturated carbocycles. The van der Waals surface area contributed by atoms with Crippen molar-refractivity contribution >= 4 is 23.3 Å². The molecule has 0 bridgehead atoms. The number of carbonyl (C=O) groups is 2. The summed E-state index contributed by atoms with van der Waals surface area (Å²) < 4.78 is 43.4. The van der Waals surface area contributed by atoms with E-state index in [1.807, 2.05) is 41.1 Å². The highest BCUT2D eigenvalue weighted by Crippen LogP contribution is 2.32. The number of nitrogens with zero attached hydrogens (tertiary/aromatic N) is 6. The minimum Gasteiger partial charge on any atom is -0.355 e. The van der Waals surface area contributed by atoms with Gasteiger partial charge in [0.1, 0.15) is 5.82 Å². The number of carbonyl (C=O) groups excluding carboxylic acids is 2. The molecular formula is C25H24F3N7O2. The zero-order valence-corrected chi connectivity index (χ0v) is 20.2. The Hall–Kier alpha value is -4.22. The lowest BCUT2D eigenvalue weighted by Crippen LogP contribution is -2.24. The Morgan fingerprint density at radius 3 is 2.54 bits per heavy atom. The maximum Gasteiger partial charge on any atom is 0.435 e. The van der Waals surface area contributed by atoms with E-state index in [1.54, 1.807) is 4.90 Å². The minimum atomic E-state index is -4.68. The van der Waals surface area contributed by atoms with Crippen molar-refractivity contribution in [3.8, 4) is 5.69 Å². The summed E-state index contributed by atoms with van der Waals surface area (Å²) in [5, 5.41) is 6.83. The molecule has 0 atom stereocenters. The summed E-state index contributed by atoms with van der Waals surface area (Å²) in [7, 11) is 1.40. The molecule has 0 radical (unpaired) electrons. The zero-order chi connectivity index (χ0) is 26.3. The van der Waals surface area contributed by atoms with Crippen molar-refractivity contribution in [1.82, 2.24) is 29.5 Å². The number of rotatable bonds is 6. The molecule has 1 aliphatic heterocycles. The molecule has 1 saturated heterocycles. The van der Waals surface area contributed by atoms with Crippen LogP contribution in [0.1, 0.15) is 46.1 Å². The maximum absolute atomic E-state index is 13.5. The average Bonchev–Trinajstić information content (AvgIpc) is 3.59. The first-order chi connectivity index (χ1) is 17.7. The Morgan fingerprint density at radius 2 is 1.89 bits per heavy atom. The second-order valence-electron chi connectivity index (χ2n) is 8.78. The standard InChI is InChI=1S/C25H24F3N7O2/c1-15-22(25(26,27)28)31-23-18(24(37)29-2)13-16(32-35(15)23)10-11-19-30-20(33-12-6-9-21(33)36)14-34(19)17-7-4-3-5-8-17/h3-5,7-8,13-14H,6,9-12H2,1-2H3,(H,29,37). The molecule has 1 N–H and O–H groups in total. The van der Waals surface area contributed by atoms with E-state index in [4.69, 9.17) is 4.98 Å². The molecule has 12 heteroatoms. The van der Waals surface area contributed by atoms with Gasteiger partial charge in [-0.2, -0.15) is 18.3 Å². The Balaban J connectivity index is 1.53. The van der Waals surface area contributed by atoms with Crippen LogP contribution in [0, 0.1) is 6.92 Å². The number of benzene rings is 1. The lowest BCUT2D eigenvalue weighted by molar-refractivity contribution is -0.141. The highest BCUT2D eigenvalue weighted by atomic mass is 19.4. The molecule has 0 spiro atoms. The minimum absolute atomic E-state index is 0.000790. The van der Waals surface area contributed by atoms with E-state index in [9.17, 15) is 22.8 Å². The third-order valence-electron chi connectivity index (χ3n) is 6.35. The molecule has 2 amide bonds. The van der Waals surface area contributed by atoms with Crippen LogP contribution in [0.25, 0.3) is 11.3 Å². The lowest BCUT2D eigenvalue weighted by Gasteiger charge is -2.10. The second-order valence-corrected chi connectivity index (χ2v) is 8.78. The van der Waals surface area contributed by atoms with Crippen molar-refractivity contribution in [2.24, 2.45) is 0 Å². The summed E-state index contributed by atoms with van der Waals surface area (Å²) in [6.07, 6.45) is -0.969. The number of amides is 2. The number of imidazole rings is 2. The van der Waals surface area contributed by atoms with Crippen LogP contribution in [0.2, 0.25) is 0 Å². The molecule has 4 heterocycles. The summed E-state index contributed by atoms with van der Waals surface area (Å²) >= 11 is 0. The van der Waals surface area contributed by atoms with Crippen LogP contribution in [0.4, 0.5) is 19.0 Å². The van der Waals surface area contributed by atoms with Crippen LogP contribution in [0.3, 0.4) is 0 Å². The van der Waals surface area contributed by atoms with Gasteiger partial charge in [-0.3, -0.25) is 14.5 Å². The van der Waals surface area contributed by atoms with Crippen molar-refractivity contribution < 1.29 is 22.8 Å². The van der Waals surface area contributed by atoms with E-state index in [-0.39, 0.29) is 29.2 Å². The van der Waals surface area contributed by atoms with E-state index in [2.05, 4.69) is 15.4 Å². The van der Waals surface area contributed by atoms with Gasteiger partial charge in [-0.15, -0.1) is 0 Å². The van der Waals surface area contributed by atoms with E-state index in [0.29, 0.717) is 36.7 Å². The molecule has 5 rings (SSSR count). The fraction of sp³-hybridized carbons (Fsp3) is 0.320. The first-order valence-electron chi connectivity index (χ1n) is 11.8. The van der Waals surface area contributed by atoms with Crippen molar-refractivity contribution in [2.75, 3.05) is 18.5 Å². The largest absolute Gasteiger partial charge is 0.435 e. The third-order valence-corrected chi connectivity index (χ3v) is 6.35. The lowest BCUT2D eigenvalue weighted by atomic mass is 10.1. The summed E-state index contributed by atoms with van der Waals surface area (Å²) in [6.45, 7) is 1.87. The second kappa shape index (κ2) is 9.34. The third kappa shape index (κ3) is 4.54. The molecule has 1 fully saturated rings. The number of aromatic nitrogens is 5. The summed E-state index contributed by atoms with van der Waals surface area (Å²) in [5.74, 6) is 0.661. The van der Waals surface area contributed by atoms with E-state index >= 15 is 0 Å². The molecule has 0 aliphatic carbocycles. The predicted octanol–water partition coefficient (Wildman–Crippen LogP) is 3.51. The van der Waals surface area contributed by atoms with Gasteiger partial charge in [0.25, 0.3) is 5.91 Å². The van der Waals surface area contributed by atoms with E-state index in [0.717, 1.165) is 16.6 Å². The Bertz CT molecular complexity index is 1490. The van der Waals surface area contributed by atoms with Crippen LogP contribution in [-0.2, 0) is 23.8 Å². The monoisotopic (exact) mass is 511 g/mol. The smallest absolute Gasteiger partial charge is 0.355 e. The first-order valence-corrected chi connectivity index (χ1v) is 11.8. The molecule has 37 heavy (non-hydrogen) atoms. The van der Waals surface area contributed by atoms with Crippen LogP contribution < -0.4 is 10.2 Å². The van der Waals surface area contributed by atoms with Crippen molar-refractivity contribution in [3.05, 3.63) is 71.1 Å². The molecular weight excluding hydrogens is 487 g/mol. The molecule has 4 aromatic rings. The van der Waals surface area contributed by atoms with Gasteiger partial charge in [-0.05, 0) is 38.0 Å². The van der Waals surface area contributed by atoms with Crippen molar-refractivity contribution in [3.63, 3.8) is 0 Å². The number of hydrogen-bond acceptors (Lipinski definition) is 5. The molecule has 0 unspecified atom stereocenters. The van der Waals surface area contributed by atoms with Gasteiger partial charge in [0.2, 0.25) is 5.91 Å². The zero-order valence-electron chi connectivity index (χ0n) is 20.2. The van der Waals surface area contributed by atoms with Crippen LogP contribution in [0.5, 0.6) is 0 Å². The summed E-state index contributed by atoms with van der Waals surface area (Å²) in [5.41, 5.74) is -0.175. The number of para-hydroxylation sites is 1. The van der Waals surface area contributed by atoms with Gasteiger partial charge in [0, 0.05) is 32.1 Å². The van der Waals surface area contributed by atoms with Gasteiger partial charge >= 0.3 is 6.18 Å². The number of nitrogens with one attached hydrogen (secondary N) is 1. The van der Waals surface area contributed by atoms with E-state index in [1.165, 1.54) is 20.0 Å². The molecule has 192 valence electrons. The van der Waals surface area contributed by atoms with Crippen LogP contribution >= 0.6 is 0 Å². The molecule has 3 aromatic heterocycles. The van der Waals surface area contributed by atoms with Crippen molar-refractivity contribution in [1.29, 1.82) is 0 Å². The average molecular weight is 512 g/mol. The fourth-order valence-corrected chi connectivity index (χ4v) is 4.52. The van der Waals surface area contributed by atoms with Crippen LogP contribution in [-0.4, -0.2) is 49.6 Å². The summed E-state index contributed by atoms with van der Waals surface area (Å²) in [4.78, 5) is 34.9. The maximum atomic E-state index is 13.5. The number of fused-ring (bicyclic) bond motifs is 1. The van der Waals surface area contributed by atoms with Gasteiger partial charge in [-0.25, -0.2) is 14.5 Å². The first kappa shape index (κ1) is 24.5. The van der Waals surface area contributed by atoms with E-state index < -0.39 is 17.8 Å². The number of hydrogen-bond donors (Lipinski definition) is 1. The highest BCUT2D eigenvalue weighted by molar-refractivity contribution is 5.99. The fourth-order valence-electron chi connectivity index (χ4n) is 4.52. The summed E-state index contributed by atoms with van der Waals surface area (Å²) in [6, 6.07) is 11.0. The predicted molar refractivity (Wildman–Crippen MR) is 129 cm³/mol. The van der Waals surface area contributed by atoms with Gasteiger partial charge < -0.3 is 9.88 Å². The Labute approximate surface area is 209 Å². The van der Waals surface area contributed by atoms with Gasteiger partial charge in [0.05, 0.1) is 23.1 Å². The highest BCUT2D eigenvalue weighted by Gasteiger charge is 2.37. The molecule has 9 nitrogen and oxygen atoms in total. The van der Waals surface area contributed by atoms with Crippen molar-refractivity contribution in [2.45, 2.75) is 38.8 Å². The number of alkyl halides is 3.